The maximum atomic E-state index is 11.5. The Bertz CT molecular complexity index is 2310. The summed E-state index contributed by atoms with van der Waals surface area (Å²) in [5.74, 6) is 9.89. The molecule has 16 nitrogen and oxygen atoms in total. The highest BCUT2D eigenvalue weighted by atomic mass is 32.2. The van der Waals surface area contributed by atoms with Gasteiger partial charge in [-0.05, 0) is 49.1 Å². The molecule has 1 aliphatic rings. The number of anilines is 2. The number of hydrogen-bond donors (Lipinski definition) is 4. The Morgan fingerprint density at radius 1 is 0.714 bits per heavy atom. The second kappa shape index (κ2) is 20.0. The zero-order chi connectivity index (χ0) is 40.3. The molecular formula is C38H58N10O6S2. The van der Waals surface area contributed by atoms with Crippen molar-refractivity contribution in [2.24, 2.45) is 0 Å². The summed E-state index contributed by atoms with van der Waals surface area (Å²) in [6.45, 7) is 5.40. The number of ether oxygens (including phenoxy) is 4. The zero-order valence-corrected chi connectivity index (χ0v) is 34.8. The van der Waals surface area contributed by atoms with E-state index >= 15 is 0 Å². The van der Waals surface area contributed by atoms with Crippen molar-refractivity contribution in [3.05, 3.63) is 47.2 Å². The molecule has 0 bridgehead atoms. The van der Waals surface area contributed by atoms with Crippen molar-refractivity contribution in [2.75, 3.05) is 90.9 Å². The van der Waals surface area contributed by atoms with Gasteiger partial charge in [0.1, 0.15) is 22.7 Å². The number of methoxy groups -OCH3 is 2. The number of nitrogens with zero attached hydrogens (tertiary/aromatic N) is 6. The number of imidazole rings is 2. The molecule has 6 rings (SSSR count). The summed E-state index contributed by atoms with van der Waals surface area (Å²) >= 11 is 0. The van der Waals surface area contributed by atoms with E-state index in [0.29, 0.717) is 95.8 Å². The van der Waals surface area contributed by atoms with E-state index < -0.39 is 19.4 Å². The molecular weight excluding hydrogens is 757 g/mol. The molecule has 0 aliphatic heterocycles. The molecule has 308 valence electrons. The first-order chi connectivity index (χ1) is 26.8. The predicted octanol–water partition coefficient (Wildman–Crippen LogP) is 2.17. The number of hydrogen-bond acceptors (Lipinski definition) is 12. The van der Waals surface area contributed by atoms with E-state index in [1.807, 2.05) is 24.3 Å². The molecule has 6 N–H and O–H groups in total. The van der Waals surface area contributed by atoms with Crippen LogP contribution in [0, 0.1) is 0 Å². The molecule has 0 spiro atoms. The lowest BCUT2D eigenvalue weighted by molar-refractivity contribution is 0.131. The zero-order valence-electron chi connectivity index (χ0n) is 33.1. The molecule has 0 amide bonds. The van der Waals surface area contributed by atoms with E-state index in [2.05, 4.69) is 40.3 Å². The van der Waals surface area contributed by atoms with Crippen LogP contribution < -0.4 is 20.9 Å². The fraction of sp³-hybridized carbons (Fsp3) is 0.526. The average Bonchev–Trinajstić information content (AvgIpc) is 3.71. The van der Waals surface area contributed by atoms with Crippen molar-refractivity contribution in [1.82, 2.24) is 38.5 Å². The van der Waals surface area contributed by atoms with Crippen LogP contribution in [-0.4, -0.2) is 129 Å². The largest absolute Gasteiger partial charge is 0.384 e. The lowest BCUT2D eigenvalue weighted by Gasteiger charge is -2.18. The van der Waals surface area contributed by atoms with Gasteiger partial charge in [0.2, 0.25) is 0 Å². The topological polar surface area (TPSA) is 209 Å². The van der Waals surface area contributed by atoms with Crippen molar-refractivity contribution < 1.29 is 27.4 Å². The maximum absolute atomic E-state index is 11.5. The van der Waals surface area contributed by atoms with Gasteiger partial charge in [0, 0.05) is 96.2 Å². The van der Waals surface area contributed by atoms with Crippen LogP contribution >= 0.6 is 0 Å². The van der Waals surface area contributed by atoms with Crippen LogP contribution in [0.4, 0.5) is 11.6 Å². The van der Waals surface area contributed by atoms with E-state index in [0.717, 1.165) is 70.5 Å². The molecule has 4 heterocycles. The third-order valence-corrected chi connectivity index (χ3v) is 10.9. The fourth-order valence-corrected chi connectivity index (χ4v) is 7.81. The van der Waals surface area contributed by atoms with Crippen LogP contribution in [0.1, 0.15) is 35.7 Å². The summed E-state index contributed by atoms with van der Waals surface area (Å²) in [4.78, 5) is 18.6. The van der Waals surface area contributed by atoms with Gasteiger partial charge >= 0.3 is 0 Å². The molecule has 1 aromatic carbocycles. The minimum Gasteiger partial charge on any atom is -0.384 e. The first-order valence-electron chi connectivity index (χ1n) is 18.8. The van der Waals surface area contributed by atoms with Gasteiger partial charge in [0.25, 0.3) is 0 Å². The molecule has 5 aromatic rings. The van der Waals surface area contributed by atoms with E-state index in [1.165, 1.54) is 5.56 Å². The van der Waals surface area contributed by atoms with Gasteiger partial charge in [0.15, 0.2) is 11.6 Å². The molecule has 0 saturated carbocycles. The predicted molar refractivity (Wildman–Crippen MR) is 229 cm³/mol. The van der Waals surface area contributed by atoms with Crippen molar-refractivity contribution in [3.63, 3.8) is 0 Å². The average molecular weight is 815 g/mol. The summed E-state index contributed by atoms with van der Waals surface area (Å²) in [5.41, 5.74) is 19.2. The van der Waals surface area contributed by atoms with E-state index in [1.54, 1.807) is 26.7 Å². The number of nitrogens with two attached hydrogens (primary N) is 2. The lowest BCUT2D eigenvalue weighted by Crippen LogP contribution is -2.26. The number of benzene rings is 1. The van der Waals surface area contributed by atoms with Gasteiger partial charge < -0.3 is 39.5 Å². The lowest BCUT2D eigenvalue weighted by atomic mass is 9.95. The summed E-state index contributed by atoms with van der Waals surface area (Å²) < 4.78 is 55.1. The Hall–Kier alpha value is -3.88. The summed E-state index contributed by atoms with van der Waals surface area (Å²) in [7, 11) is -1.05. The molecule has 56 heavy (non-hydrogen) atoms. The Kier molecular flexibility index (Phi) is 15.4. The van der Waals surface area contributed by atoms with Gasteiger partial charge in [-0.15, -0.1) is 0 Å². The second-order valence-electron chi connectivity index (χ2n) is 13.9. The molecule has 2 atom stereocenters. The first-order valence-corrected chi connectivity index (χ1v) is 23.0. The minimum absolute atomic E-state index is 0.421. The molecule has 4 aromatic heterocycles. The van der Waals surface area contributed by atoms with Gasteiger partial charge in [-0.1, -0.05) is 18.2 Å². The van der Waals surface area contributed by atoms with Crippen LogP contribution in [0.25, 0.3) is 33.0 Å². The van der Waals surface area contributed by atoms with Crippen molar-refractivity contribution in [1.29, 1.82) is 0 Å². The maximum Gasteiger partial charge on any atom is 0.152 e. The Balaban J connectivity index is 0.000000214. The summed E-state index contributed by atoms with van der Waals surface area (Å²) in [6, 6.07) is 7.90. The van der Waals surface area contributed by atoms with Gasteiger partial charge in [0.05, 0.1) is 56.2 Å². The number of aromatic nitrogens is 6. The van der Waals surface area contributed by atoms with Gasteiger partial charge in [-0.3, -0.25) is 8.42 Å². The van der Waals surface area contributed by atoms with Crippen LogP contribution in [-0.2, 0) is 77.1 Å². The van der Waals surface area contributed by atoms with Crippen LogP contribution in [0.3, 0.4) is 0 Å². The number of aryl methyl sites for hydroxylation is 2. The molecule has 18 heteroatoms. The van der Waals surface area contributed by atoms with Crippen LogP contribution in [0.5, 0.6) is 0 Å². The molecule has 0 saturated heterocycles. The van der Waals surface area contributed by atoms with Gasteiger partial charge in [-0.25, -0.2) is 29.4 Å². The number of pyridine rings is 2. The number of nitrogen functional groups attached to an aromatic ring is 2. The number of nitrogens with one attached hydrogen (secondary N) is 2. The smallest absolute Gasteiger partial charge is 0.152 e. The molecule has 2 unspecified atom stereocenters. The third kappa shape index (κ3) is 11.6. The van der Waals surface area contributed by atoms with Crippen molar-refractivity contribution in [3.8, 4) is 0 Å². The molecule has 0 radical (unpaired) electrons. The molecule has 1 aliphatic carbocycles. The van der Waals surface area contributed by atoms with E-state index in [-0.39, 0.29) is 0 Å². The van der Waals surface area contributed by atoms with E-state index in [4.69, 9.17) is 40.4 Å². The molecule has 0 fully saturated rings. The number of fused-ring (bicyclic) bond motifs is 6. The Labute approximate surface area is 330 Å². The highest BCUT2D eigenvalue weighted by molar-refractivity contribution is 7.98. The SMILES string of the molecule is C=S(C)(=O)NCCOCCn1c(CCOC)nc2c(N)nc3c(c21)CCCC3.C=S(C)(=O)NCCOCCn1c(CCOC)nc2c(N)nc3ccccc3c21. The summed E-state index contributed by atoms with van der Waals surface area (Å²) in [5, 5.41) is 1.01. The van der Waals surface area contributed by atoms with Gasteiger partial charge in [-0.2, -0.15) is 0 Å². The van der Waals surface area contributed by atoms with Crippen molar-refractivity contribution >= 4 is 75.8 Å². The second-order valence-corrected chi connectivity index (χ2v) is 18.5. The monoisotopic (exact) mass is 814 g/mol. The van der Waals surface area contributed by atoms with Crippen LogP contribution in [0.2, 0.25) is 0 Å². The quantitative estimate of drug-likeness (QED) is 0.0659. The standard InChI is InChI=1S/C19H31N5O3S.C19H27N5O3S/c2*1-26-11-8-16-23-17-18(14-6-4-5-7-15(14)22-19(17)20)24(16)10-13-27-12-9-21-28(2,3)25/h2,4-13H2,1,3H3,(H2,20,22)(H,21,25);4-7H,2,8-13H2,1,3H3,(H2,20,22)(H,21,25). The number of rotatable bonds is 20. The van der Waals surface area contributed by atoms with Crippen LogP contribution in [0.15, 0.2) is 24.3 Å². The fourth-order valence-electron chi connectivity index (χ4n) is 6.78. The number of para-hydroxylation sites is 1. The minimum atomic E-state index is -2.21. The first kappa shape index (κ1) is 43.2. The normalized spacial score (nSPS) is 15.1. The van der Waals surface area contributed by atoms with Crippen molar-refractivity contribution in [2.45, 2.75) is 51.6 Å². The highest BCUT2D eigenvalue weighted by Gasteiger charge is 2.23. The Morgan fingerprint density at radius 2 is 1.23 bits per heavy atom. The van der Waals surface area contributed by atoms with E-state index in [9.17, 15) is 8.42 Å². The Morgan fingerprint density at radius 3 is 1.80 bits per heavy atom. The highest BCUT2D eigenvalue weighted by Crippen LogP contribution is 2.32. The summed E-state index contributed by atoms with van der Waals surface area (Å²) in [6.07, 6.45) is 8.81. The third-order valence-electron chi connectivity index (χ3n) is 9.24.